The fourth-order valence-corrected chi connectivity index (χ4v) is 2.61. The molecule has 2 atom stereocenters. The van der Waals surface area contributed by atoms with Crippen molar-refractivity contribution in [3.05, 3.63) is 34.9 Å². The number of thioether (sulfide) groups is 1. The third-order valence-electron chi connectivity index (χ3n) is 3.28. The molecule has 0 bridgehead atoms. The van der Waals surface area contributed by atoms with Crippen molar-refractivity contribution in [1.29, 1.82) is 0 Å². The van der Waals surface area contributed by atoms with Gasteiger partial charge in [-0.2, -0.15) is 11.8 Å². The molecule has 1 aromatic carbocycles. The first kappa shape index (κ1) is 15.5. The molecule has 0 aliphatic rings. The average Bonchev–Trinajstić information content (AvgIpc) is 2.30. The van der Waals surface area contributed by atoms with Crippen LogP contribution in [0.4, 0.5) is 0 Å². The van der Waals surface area contributed by atoms with E-state index >= 15 is 0 Å². The highest BCUT2D eigenvalue weighted by molar-refractivity contribution is 7.98. The molecule has 1 aromatic rings. The molecule has 0 aromatic heterocycles. The highest BCUT2D eigenvalue weighted by Crippen LogP contribution is 2.18. The van der Waals surface area contributed by atoms with Gasteiger partial charge in [-0.1, -0.05) is 18.2 Å². The van der Waals surface area contributed by atoms with E-state index in [0.717, 1.165) is 5.75 Å². The van der Waals surface area contributed by atoms with Crippen molar-refractivity contribution in [2.24, 2.45) is 0 Å². The Hall–Kier alpha value is -0.510. The molecule has 102 valence electrons. The number of aliphatic hydroxyl groups is 1. The van der Waals surface area contributed by atoms with E-state index in [2.05, 4.69) is 44.3 Å². The van der Waals surface area contributed by atoms with Gasteiger partial charge in [-0.15, -0.1) is 0 Å². The fraction of sp³-hybridized carbons (Fsp3) is 0.600. The van der Waals surface area contributed by atoms with Gasteiger partial charge in [-0.05, 0) is 50.6 Å². The molecule has 0 saturated carbocycles. The van der Waals surface area contributed by atoms with E-state index < -0.39 is 5.60 Å². The summed E-state index contributed by atoms with van der Waals surface area (Å²) in [7, 11) is 0. The van der Waals surface area contributed by atoms with Crippen molar-refractivity contribution >= 4 is 11.8 Å². The molecule has 0 spiro atoms. The van der Waals surface area contributed by atoms with Gasteiger partial charge in [0.2, 0.25) is 0 Å². The highest BCUT2D eigenvalue weighted by Gasteiger charge is 2.20. The van der Waals surface area contributed by atoms with Crippen LogP contribution in [-0.2, 0) is 0 Å². The molecule has 1 rings (SSSR count). The predicted octanol–water partition coefficient (Wildman–Crippen LogP) is 3.07. The normalized spacial score (nSPS) is 16.3. The summed E-state index contributed by atoms with van der Waals surface area (Å²) in [5.41, 5.74) is 3.27. The Morgan fingerprint density at radius 3 is 2.56 bits per heavy atom. The lowest BCUT2D eigenvalue weighted by Crippen LogP contribution is -2.40. The molecular formula is C15H25NOS. The van der Waals surface area contributed by atoms with Crippen molar-refractivity contribution in [2.45, 2.75) is 39.3 Å². The van der Waals surface area contributed by atoms with Crippen molar-refractivity contribution in [3.63, 3.8) is 0 Å². The van der Waals surface area contributed by atoms with Gasteiger partial charge < -0.3 is 10.4 Å². The van der Waals surface area contributed by atoms with Gasteiger partial charge in [0.05, 0.1) is 5.60 Å². The van der Waals surface area contributed by atoms with Crippen LogP contribution in [0.2, 0.25) is 0 Å². The summed E-state index contributed by atoms with van der Waals surface area (Å²) in [6.07, 6.45) is 2.02. The third-order valence-corrected chi connectivity index (χ3v) is 4.19. The molecule has 18 heavy (non-hydrogen) atoms. The molecule has 0 saturated heterocycles. The van der Waals surface area contributed by atoms with Crippen LogP contribution in [-0.4, -0.2) is 29.3 Å². The number of aryl methyl sites for hydroxylation is 2. The van der Waals surface area contributed by atoms with Gasteiger partial charge in [0.25, 0.3) is 0 Å². The van der Waals surface area contributed by atoms with Gasteiger partial charge in [0.15, 0.2) is 0 Å². The van der Waals surface area contributed by atoms with Crippen LogP contribution in [0.3, 0.4) is 0 Å². The molecule has 0 heterocycles. The maximum atomic E-state index is 10.1. The van der Waals surface area contributed by atoms with Gasteiger partial charge in [-0.3, -0.25) is 0 Å². The van der Waals surface area contributed by atoms with Crippen molar-refractivity contribution in [2.75, 3.05) is 18.6 Å². The minimum atomic E-state index is -0.645. The Morgan fingerprint density at radius 2 is 2.00 bits per heavy atom. The average molecular weight is 267 g/mol. The lowest BCUT2D eigenvalue weighted by Gasteiger charge is -2.25. The first-order valence-electron chi connectivity index (χ1n) is 6.37. The van der Waals surface area contributed by atoms with Crippen LogP contribution in [0.1, 0.15) is 36.6 Å². The quantitative estimate of drug-likeness (QED) is 0.831. The lowest BCUT2D eigenvalue weighted by molar-refractivity contribution is 0.0821. The van der Waals surface area contributed by atoms with Crippen LogP contribution < -0.4 is 5.32 Å². The second kappa shape index (κ2) is 6.60. The zero-order valence-corrected chi connectivity index (χ0v) is 12.9. The van der Waals surface area contributed by atoms with Crippen LogP contribution in [0.15, 0.2) is 18.2 Å². The van der Waals surface area contributed by atoms with E-state index in [1.165, 1.54) is 16.7 Å². The summed E-state index contributed by atoms with van der Waals surface area (Å²) in [6.45, 7) is 8.89. The van der Waals surface area contributed by atoms with Crippen LogP contribution in [0, 0.1) is 13.8 Å². The van der Waals surface area contributed by atoms with E-state index in [1.807, 2.05) is 13.2 Å². The van der Waals surface area contributed by atoms with Gasteiger partial charge in [0.1, 0.15) is 0 Å². The maximum Gasteiger partial charge on any atom is 0.0833 e. The van der Waals surface area contributed by atoms with Crippen LogP contribution >= 0.6 is 11.8 Å². The summed E-state index contributed by atoms with van der Waals surface area (Å²) in [5.74, 6) is 0.750. The summed E-state index contributed by atoms with van der Waals surface area (Å²) in [4.78, 5) is 0. The van der Waals surface area contributed by atoms with Crippen molar-refractivity contribution in [1.82, 2.24) is 5.32 Å². The monoisotopic (exact) mass is 267 g/mol. The standard InChI is InChI=1S/C15H25NOS/c1-11-6-7-14(8-12(11)2)13(3)16-9-15(4,17)10-18-5/h6-8,13,16-17H,9-10H2,1-5H3. The zero-order valence-electron chi connectivity index (χ0n) is 12.1. The van der Waals surface area contributed by atoms with Gasteiger partial charge in [-0.25, -0.2) is 0 Å². The molecule has 0 fully saturated rings. The van der Waals surface area contributed by atoms with E-state index in [-0.39, 0.29) is 6.04 Å². The Balaban J connectivity index is 2.60. The third kappa shape index (κ3) is 4.63. The summed E-state index contributed by atoms with van der Waals surface area (Å²) in [5, 5.41) is 13.5. The first-order valence-corrected chi connectivity index (χ1v) is 7.77. The Bertz CT molecular complexity index is 390. The molecular weight excluding hydrogens is 242 g/mol. The topological polar surface area (TPSA) is 32.3 Å². The maximum absolute atomic E-state index is 10.1. The van der Waals surface area contributed by atoms with Crippen molar-refractivity contribution < 1.29 is 5.11 Å². The number of rotatable bonds is 6. The smallest absolute Gasteiger partial charge is 0.0833 e. The molecule has 0 radical (unpaired) electrons. The van der Waals surface area contributed by atoms with E-state index in [9.17, 15) is 5.11 Å². The first-order chi connectivity index (χ1) is 8.35. The van der Waals surface area contributed by atoms with E-state index in [4.69, 9.17) is 0 Å². The second-order valence-corrected chi connectivity index (χ2v) is 6.24. The van der Waals surface area contributed by atoms with Gasteiger partial charge >= 0.3 is 0 Å². The minimum absolute atomic E-state index is 0.262. The summed E-state index contributed by atoms with van der Waals surface area (Å²) >= 11 is 1.67. The largest absolute Gasteiger partial charge is 0.388 e. The second-order valence-electron chi connectivity index (χ2n) is 5.38. The van der Waals surface area contributed by atoms with Crippen LogP contribution in [0.5, 0.6) is 0 Å². The Kier molecular flexibility index (Phi) is 5.70. The fourth-order valence-electron chi connectivity index (χ4n) is 1.89. The highest BCUT2D eigenvalue weighted by atomic mass is 32.2. The van der Waals surface area contributed by atoms with E-state index in [0.29, 0.717) is 6.54 Å². The molecule has 2 N–H and O–H groups in total. The summed E-state index contributed by atoms with van der Waals surface area (Å²) in [6, 6.07) is 6.79. The van der Waals surface area contributed by atoms with Gasteiger partial charge in [0, 0.05) is 18.3 Å². The minimum Gasteiger partial charge on any atom is -0.388 e. The summed E-state index contributed by atoms with van der Waals surface area (Å²) < 4.78 is 0. The van der Waals surface area contributed by atoms with E-state index in [1.54, 1.807) is 11.8 Å². The number of hydrogen-bond acceptors (Lipinski definition) is 3. The number of benzene rings is 1. The molecule has 3 heteroatoms. The molecule has 0 aliphatic heterocycles. The predicted molar refractivity (Wildman–Crippen MR) is 81.3 cm³/mol. The molecule has 0 aliphatic carbocycles. The molecule has 0 amide bonds. The lowest BCUT2D eigenvalue weighted by atomic mass is 10.0. The van der Waals surface area contributed by atoms with Crippen LogP contribution in [0.25, 0.3) is 0 Å². The molecule has 2 nitrogen and oxygen atoms in total. The Morgan fingerprint density at radius 1 is 1.33 bits per heavy atom. The SMILES string of the molecule is CSCC(C)(O)CNC(C)c1ccc(C)c(C)c1. The zero-order chi connectivity index (χ0) is 13.8. The molecule has 2 unspecified atom stereocenters. The number of nitrogens with one attached hydrogen (secondary N) is 1. The van der Waals surface area contributed by atoms with Crippen molar-refractivity contribution in [3.8, 4) is 0 Å². The Labute approximate surface area is 115 Å². The number of hydrogen-bond donors (Lipinski definition) is 2.